The minimum absolute atomic E-state index is 0.369. The molecule has 0 heterocycles. The Morgan fingerprint density at radius 1 is 1.29 bits per heavy atom. The molecule has 0 radical (unpaired) electrons. The molecule has 2 nitrogen and oxygen atoms in total. The number of carbonyl (C=O) groups is 1. The minimum Gasteiger partial charge on any atom is -0.369 e. The van der Waals surface area contributed by atoms with E-state index in [1.807, 2.05) is 25.1 Å². The van der Waals surface area contributed by atoms with Crippen molar-refractivity contribution in [2.75, 3.05) is 0 Å². The van der Waals surface area contributed by atoms with Gasteiger partial charge in [0.05, 0.1) is 5.56 Å². The van der Waals surface area contributed by atoms with E-state index in [1.54, 1.807) is 6.07 Å². The van der Waals surface area contributed by atoms with Gasteiger partial charge in [0, 0.05) is 6.42 Å². The van der Waals surface area contributed by atoms with Crippen LogP contribution in [0.1, 0.15) is 48.5 Å². The molecule has 2 heteroatoms. The Bertz CT molecular complexity index is 424. The van der Waals surface area contributed by atoms with Crippen LogP contribution < -0.4 is 0 Å². The number of carbonyl (C=O) groups excluding carboxylic acids is 1. The number of aryl methyl sites for hydroxylation is 1. The topological polar surface area (TPSA) is 26.3 Å². The summed E-state index contributed by atoms with van der Waals surface area (Å²) in [5, 5.41) is 0. The maximum atomic E-state index is 11.6. The van der Waals surface area contributed by atoms with Gasteiger partial charge in [-0.25, -0.2) is 4.79 Å². The van der Waals surface area contributed by atoms with Gasteiger partial charge in [0.25, 0.3) is 0 Å². The first-order valence-electron chi connectivity index (χ1n) is 6.00. The molecule has 0 saturated carbocycles. The highest BCUT2D eigenvalue weighted by atomic mass is 16.5. The number of rotatable bonds is 4. The van der Waals surface area contributed by atoms with Crippen LogP contribution in [0.5, 0.6) is 0 Å². The molecule has 1 aromatic rings. The molecule has 0 aliphatic carbocycles. The Labute approximate surface area is 103 Å². The van der Waals surface area contributed by atoms with Gasteiger partial charge < -0.3 is 4.74 Å². The largest absolute Gasteiger partial charge is 0.369 e. The van der Waals surface area contributed by atoms with E-state index in [0.717, 1.165) is 18.4 Å². The molecule has 0 aromatic heterocycles. The summed E-state index contributed by atoms with van der Waals surface area (Å²) in [5.41, 5.74) is 1.49. The number of benzene rings is 1. The summed E-state index contributed by atoms with van der Waals surface area (Å²) in [7, 11) is 0. The Kier molecular flexibility index (Phi) is 5.88. The first kappa shape index (κ1) is 13.3. The van der Waals surface area contributed by atoms with Crippen molar-refractivity contribution in [2.24, 2.45) is 0 Å². The molecule has 0 amide bonds. The maximum absolute atomic E-state index is 11.6. The van der Waals surface area contributed by atoms with Crippen LogP contribution in [0.2, 0.25) is 0 Å². The van der Waals surface area contributed by atoms with Crippen LogP contribution >= 0.6 is 0 Å². The lowest BCUT2D eigenvalue weighted by Crippen LogP contribution is -2.02. The number of ether oxygens (including phenoxy) is 1. The molecular formula is C15H18O2. The van der Waals surface area contributed by atoms with Crippen molar-refractivity contribution in [1.82, 2.24) is 0 Å². The fraction of sp³-hybridized carbons (Fsp3) is 0.400. The number of esters is 1. The Hall–Kier alpha value is -1.75. The van der Waals surface area contributed by atoms with E-state index in [9.17, 15) is 4.79 Å². The summed E-state index contributed by atoms with van der Waals surface area (Å²) >= 11 is 0. The van der Waals surface area contributed by atoms with Crippen LogP contribution in [-0.2, 0) is 4.74 Å². The maximum Gasteiger partial charge on any atom is 0.352 e. The Morgan fingerprint density at radius 3 is 2.76 bits per heavy atom. The molecule has 1 aromatic carbocycles. The monoisotopic (exact) mass is 230 g/mol. The summed E-state index contributed by atoms with van der Waals surface area (Å²) < 4.78 is 4.89. The van der Waals surface area contributed by atoms with Gasteiger partial charge in [0.1, 0.15) is 6.11 Å². The zero-order chi connectivity index (χ0) is 12.5. The van der Waals surface area contributed by atoms with Crippen LogP contribution in [0.4, 0.5) is 0 Å². The zero-order valence-electron chi connectivity index (χ0n) is 10.5. The van der Waals surface area contributed by atoms with E-state index >= 15 is 0 Å². The highest BCUT2D eigenvalue weighted by molar-refractivity contribution is 5.91. The van der Waals surface area contributed by atoms with Crippen LogP contribution in [0.3, 0.4) is 0 Å². The fourth-order valence-electron chi connectivity index (χ4n) is 1.45. The van der Waals surface area contributed by atoms with E-state index in [1.165, 1.54) is 12.8 Å². The van der Waals surface area contributed by atoms with Gasteiger partial charge in [-0.3, -0.25) is 0 Å². The molecule has 0 spiro atoms. The van der Waals surface area contributed by atoms with Crippen molar-refractivity contribution >= 4 is 5.97 Å². The van der Waals surface area contributed by atoms with Gasteiger partial charge in [0.2, 0.25) is 0 Å². The normalized spacial score (nSPS) is 9.29. The van der Waals surface area contributed by atoms with E-state index < -0.39 is 0 Å². The van der Waals surface area contributed by atoms with Gasteiger partial charge in [-0.2, -0.15) is 0 Å². The molecule has 0 N–H and O–H groups in total. The predicted octanol–water partition coefficient (Wildman–Crippen LogP) is 3.69. The summed E-state index contributed by atoms with van der Waals surface area (Å²) in [6, 6.07) is 7.34. The van der Waals surface area contributed by atoms with E-state index in [2.05, 4.69) is 19.0 Å². The van der Waals surface area contributed by atoms with Crippen molar-refractivity contribution in [3.05, 3.63) is 35.4 Å². The first-order valence-corrected chi connectivity index (χ1v) is 6.00. The van der Waals surface area contributed by atoms with Gasteiger partial charge in [-0.1, -0.05) is 43.9 Å². The third-order valence-electron chi connectivity index (χ3n) is 2.49. The average Bonchev–Trinajstić information content (AvgIpc) is 2.34. The molecule has 0 fully saturated rings. The summed E-state index contributed by atoms with van der Waals surface area (Å²) in [4.78, 5) is 11.6. The van der Waals surface area contributed by atoms with Crippen molar-refractivity contribution in [1.29, 1.82) is 0 Å². The lowest BCUT2D eigenvalue weighted by molar-refractivity contribution is 0.0689. The molecule has 0 unspecified atom stereocenters. The third-order valence-corrected chi connectivity index (χ3v) is 2.49. The molecule has 0 aliphatic rings. The van der Waals surface area contributed by atoms with Crippen LogP contribution in [0.15, 0.2) is 24.3 Å². The van der Waals surface area contributed by atoms with Gasteiger partial charge in [-0.05, 0) is 25.0 Å². The summed E-state index contributed by atoms with van der Waals surface area (Å²) in [6.45, 7) is 4.02. The first-order chi connectivity index (χ1) is 8.25. The molecule has 0 aliphatic heterocycles. The van der Waals surface area contributed by atoms with E-state index in [-0.39, 0.29) is 5.97 Å². The van der Waals surface area contributed by atoms with Gasteiger partial charge >= 0.3 is 5.97 Å². The lowest BCUT2D eigenvalue weighted by atomic mass is 10.1. The van der Waals surface area contributed by atoms with Crippen LogP contribution in [0.25, 0.3) is 0 Å². The van der Waals surface area contributed by atoms with E-state index in [0.29, 0.717) is 5.56 Å². The second-order valence-electron chi connectivity index (χ2n) is 3.94. The lowest BCUT2D eigenvalue weighted by Gasteiger charge is -2.00. The van der Waals surface area contributed by atoms with Crippen LogP contribution in [-0.4, -0.2) is 5.97 Å². The highest BCUT2D eigenvalue weighted by Gasteiger charge is 2.07. The number of unbranched alkanes of at least 4 members (excludes halogenated alkanes) is 3. The second-order valence-corrected chi connectivity index (χ2v) is 3.94. The summed E-state index contributed by atoms with van der Waals surface area (Å²) in [6.07, 6.45) is 6.66. The predicted molar refractivity (Wildman–Crippen MR) is 68.5 cm³/mol. The van der Waals surface area contributed by atoms with Crippen LogP contribution in [0, 0.1) is 19.0 Å². The highest BCUT2D eigenvalue weighted by Crippen LogP contribution is 2.08. The Balaban J connectivity index is 2.42. The molecule has 0 bridgehead atoms. The molecule has 0 saturated heterocycles. The standard InChI is InChI=1S/C15H18O2/c1-3-4-5-6-9-12-17-15(16)14-11-8-7-10-13(14)2/h7-8,10-11H,3-6H2,1-2H3. The smallest absolute Gasteiger partial charge is 0.352 e. The second kappa shape index (κ2) is 7.51. The average molecular weight is 230 g/mol. The Morgan fingerprint density at radius 2 is 2.06 bits per heavy atom. The van der Waals surface area contributed by atoms with E-state index in [4.69, 9.17) is 4.74 Å². The molecular weight excluding hydrogens is 212 g/mol. The quantitative estimate of drug-likeness (QED) is 0.448. The van der Waals surface area contributed by atoms with Gasteiger partial charge in [0.15, 0.2) is 0 Å². The minimum atomic E-state index is -0.369. The van der Waals surface area contributed by atoms with Crippen molar-refractivity contribution in [3.8, 4) is 12.0 Å². The van der Waals surface area contributed by atoms with Crippen molar-refractivity contribution < 1.29 is 9.53 Å². The number of hydrogen-bond acceptors (Lipinski definition) is 2. The van der Waals surface area contributed by atoms with Crippen molar-refractivity contribution in [2.45, 2.75) is 39.5 Å². The molecule has 90 valence electrons. The molecule has 1 rings (SSSR count). The van der Waals surface area contributed by atoms with Crippen molar-refractivity contribution in [3.63, 3.8) is 0 Å². The summed E-state index contributed by atoms with van der Waals surface area (Å²) in [5.74, 6) is 2.48. The fourth-order valence-corrected chi connectivity index (χ4v) is 1.45. The molecule has 0 atom stereocenters. The SMILES string of the molecule is CCCCCC#COC(=O)c1ccccc1C. The zero-order valence-corrected chi connectivity index (χ0v) is 10.5. The van der Waals surface area contributed by atoms with Gasteiger partial charge in [-0.15, -0.1) is 0 Å². The molecule has 17 heavy (non-hydrogen) atoms. The number of hydrogen-bond donors (Lipinski definition) is 0. The third kappa shape index (κ3) is 4.74.